The Hall–Kier alpha value is -0.800. The number of aryl methyl sites for hydroxylation is 1. The molecule has 0 amide bonds. The van der Waals surface area contributed by atoms with Crippen molar-refractivity contribution >= 4 is 17.3 Å². The molecule has 1 aliphatic rings. The molecule has 0 aromatic carbocycles. The molecule has 1 fully saturated rings. The molecule has 1 unspecified atom stereocenters. The van der Waals surface area contributed by atoms with Crippen molar-refractivity contribution in [3.8, 4) is 0 Å². The third kappa shape index (κ3) is 2.61. The molecule has 0 bridgehead atoms. The van der Waals surface area contributed by atoms with E-state index in [1.807, 2.05) is 13.0 Å². The molecule has 1 aromatic rings. The van der Waals surface area contributed by atoms with Crippen LogP contribution in [0.4, 0.5) is 5.69 Å². The molecule has 1 aliphatic heterocycles. The highest BCUT2D eigenvalue weighted by molar-refractivity contribution is 6.33. The quantitative estimate of drug-likeness (QED) is 0.827. The van der Waals surface area contributed by atoms with Crippen LogP contribution in [-0.2, 0) is 0 Å². The predicted octanol–water partition coefficient (Wildman–Crippen LogP) is 2.06. The molecule has 1 saturated heterocycles. The van der Waals surface area contributed by atoms with Gasteiger partial charge in [-0.15, -0.1) is 0 Å². The van der Waals surface area contributed by atoms with Gasteiger partial charge in [-0.05, 0) is 38.4 Å². The van der Waals surface area contributed by atoms with Crippen molar-refractivity contribution in [2.45, 2.75) is 13.3 Å². The van der Waals surface area contributed by atoms with Crippen LogP contribution in [0.15, 0.2) is 12.3 Å². The van der Waals surface area contributed by atoms with E-state index in [1.54, 1.807) is 6.20 Å². The van der Waals surface area contributed by atoms with E-state index in [-0.39, 0.29) is 0 Å². The number of anilines is 1. The number of aromatic nitrogens is 1. The number of halogens is 1. The monoisotopic (exact) mass is 225 g/mol. The second-order valence-electron chi connectivity index (χ2n) is 4.00. The predicted molar refractivity (Wildman–Crippen MR) is 63.5 cm³/mol. The summed E-state index contributed by atoms with van der Waals surface area (Å²) in [5.41, 5.74) is 1.88. The first-order valence-corrected chi connectivity index (χ1v) is 5.71. The molecule has 82 valence electrons. The Morgan fingerprint density at radius 3 is 3.27 bits per heavy atom. The molecule has 0 radical (unpaired) electrons. The van der Waals surface area contributed by atoms with E-state index in [0.717, 1.165) is 42.0 Å². The van der Waals surface area contributed by atoms with E-state index >= 15 is 0 Å². The van der Waals surface area contributed by atoms with Gasteiger partial charge in [-0.1, -0.05) is 11.6 Å². The van der Waals surface area contributed by atoms with Gasteiger partial charge >= 0.3 is 0 Å². The summed E-state index contributed by atoms with van der Waals surface area (Å²) in [7, 11) is 0. The Kier molecular flexibility index (Phi) is 3.44. The summed E-state index contributed by atoms with van der Waals surface area (Å²) in [6.45, 7) is 5.14. The van der Waals surface area contributed by atoms with Crippen LogP contribution in [0.5, 0.6) is 0 Å². The van der Waals surface area contributed by atoms with Crippen molar-refractivity contribution in [2.75, 3.05) is 25.0 Å². The van der Waals surface area contributed by atoms with Gasteiger partial charge in [0.05, 0.1) is 16.4 Å². The Bertz CT molecular complexity index is 335. The first-order chi connectivity index (χ1) is 7.27. The third-order valence-electron chi connectivity index (χ3n) is 2.81. The average molecular weight is 226 g/mol. The molecular weight excluding hydrogens is 210 g/mol. The van der Waals surface area contributed by atoms with E-state index in [1.165, 1.54) is 6.42 Å². The molecule has 15 heavy (non-hydrogen) atoms. The molecular formula is C11H16ClN3. The van der Waals surface area contributed by atoms with Crippen molar-refractivity contribution in [1.82, 2.24) is 10.3 Å². The first-order valence-electron chi connectivity index (χ1n) is 5.33. The number of hydrogen-bond acceptors (Lipinski definition) is 3. The van der Waals surface area contributed by atoms with Crippen LogP contribution >= 0.6 is 11.6 Å². The molecule has 4 heteroatoms. The zero-order valence-electron chi connectivity index (χ0n) is 8.89. The van der Waals surface area contributed by atoms with Gasteiger partial charge in [-0.25, -0.2) is 0 Å². The molecule has 0 aliphatic carbocycles. The second kappa shape index (κ2) is 4.81. The zero-order valence-corrected chi connectivity index (χ0v) is 9.64. The van der Waals surface area contributed by atoms with Gasteiger partial charge in [-0.3, -0.25) is 4.98 Å². The SMILES string of the molecule is Cc1nccc(NCC2CCNC2)c1Cl. The van der Waals surface area contributed by atoms with E-state index in [0.29, 0.717) is 0 Å². The maximum Gasteiger partial charge on any atom is 0.0849 e. The highest BCUT2D eigenvalue weighted by Crippen LogP contribution is 2.23. The fourth-order valence-corrected chi connectivity index (χ4v) is 2.01. The van der Waals surface area contributed by atoms with E-state index in [4.69, 9.17) is 11.6 Å². The van der Waals surface area contributed by atoms with Gasteiger partial charge in [-0.2, -0.15) is 0 Å². The maximum atomic E-state index is 6.14. The summed E-state index contributed by atoms with van der Waals surface area (Å²) >= 11 is 6.14. The number of pyridine rings is 1. The summed E-state index contributed by atoms with van der Waals surface area (Å²) in [6, 6.07) is 1.93. The normalized spacial score (nSPS) is 20.5. The summed E-state index contributed by atoms with van der Waals surface area (Å²) in [6.07, 6.45) is 3.03. The van der Waals surface area contributed by atoms with E-state index in [2.05, 4.69) is 15.6 Å². The molecule has 0 saturated carbocycles. The van der Waals surface area contributed by atoms with Crippen molar-refractivity contribution in [1.29, 1.82) is 0 Å². The molecule has 0 spiro atoms. The first kappa shape index (κ1) is 10.7. The van der Waals surface area contributed by atoms with Crippen molar-refractivity contribution in [3.63, 3.8) is 0 Å². The summed E-state index contributed by atoms with van der Waals surface area (Å²) in [5.74, 6) is 0.717. The van der Waals surface area contributed by atoms with Gasteiger partial charge in [0.2, 0.25) is 0 Å². The minimum absolute atomic E-state index is 0.717. The smallest absolute Gasteiger partial charge is 0.0849 e. The average Bonchev–Trinajstić information content (AvgIpc) is 2.73. The third-order valence-corrected chi connectivity index (χ3v) is 3.28. The van der Waals surface area contributed by atoms with Gasteiger partial charge in [0.25, 0.3) is 0 Å². The molecule has 1 atom stereocenters. The number of nitrogens with one attached hydrogen (secondary N) is 2. The fourth-order valence-electron chi connectivity index (χ4n) is 1.83. The number of hydrogen-bond donors (Lipinski definition) is 2. The molecule has 2 N–H and O–H groups in total. The lowest BCUT2D eigenvalue weighted by Crippen LogP contribution is -2.17. The topological polar surface area (TPSA) is 37.0 Å². The van der Waals surface area contributed by atoms with Crippen molar-refractivity contribution in [2.24, 2.45) is 5.92 Å². The summed E-state index contributed by atoms with van der Waals surface area (Å²) in [5, 5.41) is 7.47. The Morgan fingerprint density at radius 2 is 2.53 bits per heavy atom. The van der Waals surface area contributed by atoms with Crippen molar-refractivity contribution < 1.29 is 0 Å². The number of rotatable bonds is 3. The Labute approximate surface area is 95.2 Å². The highest BCUT2D eigenvalue weighted by Gasteiger charge is 2.14. The molecule has 2 rings (SSSR count). The fraction of sp³-hybridized carbons (Fsp3) is 0.545. The molecule has 3 nitrogen and oxygen atoms in total. The summed E-state index contributed by atoms with van der Waals surface area (Å²) < 4.78 is 0. The minimum Gasteiger partial charge on any atom is -0.383 e. The maximum absolute atomic E-state index is 6.14. The lowest BCUT2D eigenvalue weighted by atomic mass is 10.1. The van der Waals surface area contributed by atoms with Gasteiger partial charge in [0.15, 0.2) is 0 Å². The minimum atomic E-state index is 0.717. The largest absolute Gasteiger partial charge is 0.383 e. The zero-order chi connectivity index (χ0) is 10.7. The van der Waals surface area contributed by atoms with E-state index < -0.39 is 0 Å². The van der Waals surface area contributed by atoms with Crippen LogP contribution in [0.25, 0.3) is 0 Å². The van der Waals surface area contributed by atoms with Crippen LogP contribution < -0.4 is 10.6 Å². The highest BCUT2D eigenvalue weighted by atomic mass is 35.5. The Morgan fingerprint density at radius 1 is 1.67 bits per heavy atom. The summed E-state index contributed by atoms with van der Waals surface area (Å²) in [4.78, 5) is 4.13. The van der Waals surface area contributed by atoms with Gasteiger partial charge < -0.3 is 10.6 Å². The second-order valence-corrected chi connectivity index (χ2v) is 4.38. The number of nitrogens with zero attached hydrogens (tertiary/aromatic N) is 1. The lowest BCUT2D eigenvalue weighted by molar-refractivity contribution is 0.615. The van der Waals surface area contributed by atoms with Crippen LogP contribution in [0.1, 0.15) is 12.1 Å². The van der Waals surface area contributed by atoms with Crippen molar-refractivity contribution in [3.05, 3.63) is 23.0 Å². The lowest BCUT2D eigenvalue weighted by Gasteiger charge is -2.12. The Balaban J connectivity index is 1.95. The van der Waals surface area contributed by atoms with Crippen LogP contribution in [0, 0.1) is 12.8 Å². The van der Waals surface area contributed by atoms with E-state index in [9.17, 15) is 0 Å². The van der Waals surface area contributed by atoms with Crippen LogP contribution in [0.2, 0.25) is 5.02 Å². The molecule has 2 heterocycles. The van der Waals surface area contributed by atoms with Gasteiger partial charge in [0, 0.05) is 12.7 Å². The van der Waals surface area contributed by atoms with Crippen LogP contribution in [0.3, 0.4) is 0 Å². The van der Waals surface area contributed by atoms with Gasteiger partial charge in [0.1, 0.15) is 0 Å². The molecule has 1 aromatic heterocycles. The standard InChI is InChI=1S/C11H16ClN3/c1-8-11(12)10(3-5-14-8)15-7-9-2-4-13-6-9/h3,5,9,13H,2,4,6-7H2,1H3,(H,14,15). The van der Waals surface area contributed by atoms with Crippen LogP contribution in [-0.4, -0.2) is 24.6 Å².